The molecular weight excluding hydrogens is 546 g/mol. The van der Waals surface area contributed by atoms with Gasteiger partial charge >= 0.3 is 12.4 Å². The summed E-state index contributed by atoms with van der Waals surface area (Å²) in [4.78, 5) is 4.39. The molecule has 0 amide bonds. The molecule has 4 aromatic rings. The first-order valence-electron chi connectivity index (χ1n) is 11.5. The summed E-state index contributed by atoms with van der Waals surface area (Å²) in [7, 11) is 0. The minimum atomic E-state index is -4.96. The van der Waals surface area contributed by atoms with E-state index in [9.17, 15) is 26.3 Å². The minimum absolute atomic E-state index is 0.0794. The second-order valence-electron chi connectivity index (χ2n) is 8.57. The van der Waals surface area contributed by atoms with Gasteiger partial charge in [-0.25, -0.2) is 0 Å². The van der Waals surface area contributed by atoms with Crippen molar-refractivity contribution in [1.29, 1.82) is 0 Å². The summed E-state index contributed by atoms with van der Waals surface area (Å²) in [6.07, 6.45) is -6.79. The van der Waals surface area contributed by atoms with Gasteiger partial charge in [0.2, 0.25) is 0 Å². The van der Waals surface area contributed by atoms with Crippen LogP contribution in [0.3, 0.4) is 0 Å². The Balaban J connectivity index is 1.82. The lowest BCUT2D eigenvalue weighted by atomic mass is 10.0. The number of hydrogen-bond acceptors (Lipinski definition) is 5. The molecule has 4 rings (SSSR count). The normalized spacial score (nSPS) is 13.5. The van der Waals surface area contributed by atoms with Gasteiger partial charge in [-0.2, -0.15) is 26.3 Å². The average Bonchev–Trinajstić information content (AvgIpc) is 3.31. The molecule has 5 nitrogen and oxygen atoms in total. The molecule has 204 valence electrons. The Kier molecular flexibility index (Phi) is 7.65. The number of halogens is 7. The van der Waals surface area contributed by atoms with Crippen molar-refractivity contribution in [2.75, 3.05) is 0 Å². The van der Waals surface area contributed by atoms with Gasteiger partial charge in [0.25, 0.3) is 0 Å². The van der Waals surface area contributed by atoms with Crippen molar-refractivity contribution in [3.63, 3.8) is 0 Å². The average molecular weight is 567 g/mol. The van der Waals surface area contributed by atoms with Crippen molar-refractivity contribution in [2.45, 2.75) is 32.7 Å². The number of rotatable bonds is 6. The summed E-state index contributed by atoms with van der Waals surface area (Å²) in [6, 6.07) is 9.90. The van der Waals surface area contributed by atoms with Gasteiger partial charge in [-0.05, 0) is 61.4 Å². The van der Waals surface area contributed by atoms with Crippen LogP contribution in [0.15, 0.2) is 76.6 Å². The van der Waals surface area contributed by atoms with E-state index in [0.29, 0.717) is 45.0 Å². The van der Waals surface area contributed by atoms with E-state index in [0.717, 1.165) is 0 Å². The van der Waals surface area contributed by atoms with Crippen molar-refractivity contribution < 1.29 is 30.9 Å². The maximum Gasteiger partial charge on any atom is 0.416 e. The Morgan fingerprint density at radius 1 is 1.03 bits per heavy atom. The molecule has 2 aromatic carbocycles. The van der Waals surface area contributed by atoms with Crippen molar-refractivity contribution in [3.05, 3.63) is 99.5 Å². The lowest BCUT2D eigenvalue weighted by Gasteiger charge is -2.18. The van der Waals surface area contributed by atoms with Crippen LogP contribution < -0.4 is 11.1 Å². The number of aromatic nitrogens is 2. The molecule has 0 unspecified atom stereocenters. The molecule has 0 aliphatic carbocycles. The second kappa shape index (κ2) is 10.6. The maximum absolute atomic E-state index is 13.3. The molecule has 2 aromatic heterocycles. The van der Waals surface area contributed by atoms with E-state index in [1.807, 2.05) is 0 Å². The summed E-state index contributed by atoms with van der Waals surface area (Å²) >= 11 is 6.36. The highest BCUT2D eigenvalue weighted by Crippen LogP contribution is 2.38. The molecule has 0 saturated carbocycles. The fraction of sp³-hybridized carbons (Fsp3) is 0.185. The monoisotopic (exact) mass is 566 g/mol. The van der Waals surface area contributed by atoms with Crippen LogP contribution in [0.4, 0.5) is 26.3 Å². The number of nitrogens with zero attached hydrogens (tertiary/aromatic N) is 2. The summed E-state index contributed by atoms with van der Waals surface area (Å²) in [5, 5.41) is 7.79. The number of pyridine rings is 1. The van der Waals surface area contributed by atoms with Gasteiger partial charge in [-0.3, -0.25) is 4.98 Å². The van der Waals surface area contributed by atoms with Crippen molar-refractivity contribution in [2.24, 2.45) is 5.73 Å². The number of hydrogen-bond donors (Lipinski definition) is 2. The molecule has 0 saturated heterocycles. The molecule has 0 aliphatic rings. The van der Waals surface area contributed by atoms with Crippen LogP contribution in [0.5, 0.6) is 0 Å². The van der Waals surface area contributed by atoms with Crippen LogP contribution in [0.25, 0.3) is 27.9 Å². The number of alkyl halides is 6. The van der Waals surface area contributed by atoms with E-state index in [1.54, 1.807) is 50.3 Å². The highest BCUT2D eigenvalue weighted by molar-refractivity contribution is 6.33. The first-order valence-corrected chi connectivity index (χ1v) is 11.8. The van der Waals surface area contributed by atoms with Crippen LogP contribution in [0, 0.1) is 0 Å². The van der Waals surface area contributed by atoms with E-state index in [-0.39, 0.29) is 35.3 Å². The second-order valence-corrected chi connectivity index (χ2v) is 8.98. The Bertz CT molecular complexity index is 1560. The van der Waals surface area contributed by atoms with Crippen LogP contribution in [0.1, 0.15) is 36.2 Å². The summed E-state index contributed by atoms with van der Waals surface area (Å²) in [6.45, 7) is 3.01. The third-order valence-electron chi connectivity index (χ3n) is 5.98. The predicted octanol–water partition coefficient (Wildman–Crippen LogP) is 7.96. The van der Waals surface area contributed by atoms with Gasteiger partial charge in [0.1, 0.15) is 11.2 Å². The van der Waals surface area contributed by atoms with Gasteiger partial charge in [-0.1, -0.05) is 35.0 Å². The SMILES string of the molecule is C/C=C(C)/C(NCc1cc(C(F)(F)F)cc(C(F)(F)F)c1)=C(/N)c1nccc2noc(-c3ccccc3Cl)c12. The summed E-state index contributed by atoms with van der Waals surface area (Å²) in [5.74, 6) is 0.298. The number of nitrogens with two attached hydrogens (primary N) is 1. The quantitative estimate of drug-likeness (QED) is 0.183. The first-order chi connectivity index (χ1) is 18.3. The fourth-order valence-electron chi connectivity index (χ4n) is 3.95. The van der Waals surface area contributed by atoms with Crippen molar-refractivity contribution in [1.82, 2.24) is 15.5 Å². The van der Waals surface area contributed by atoms with Crippen molar-refractivity contribution >= 4 is 28.2 Å². The fourth-order valence-corrected chi connectivity index (χ4v) is 4.17. The van der Waals surface area contributed by atoms with Gasteiger partial charge in [0.05, 0.1) is 32.9 Å². The number of benzene rings is 2. The molecule has 0 spiro atoms. The number of nitrogens with one attached hydrogen (secondary N) is 1. The minimum Gasteiger partial charge on any atom is -0.395 e. The summed E-state index contributed by atoms with van der Waals surface area (Å²) in [5.41, 5.74) is 5.60. The van der Waals surface area contributed by atoms with Crippen LogP contribution in [0.2, 0.25) is 5.02 Å². The van der Waals surface area contributed by atoms with Gasteiger partial charge in [0.15, 0.2) is 5.76 Å². The zero-order valence-electron chi connectivity index (χ0n) is 20.5. The Morgan fingerprint density at radius 2 is 1.67 bits per heavy atom. The molecule has 0 aliphatic heterocycles. The molecule has 0 atom stereocenters. The van der Waals surface area contributed by atoms with E-state index in [2.05, 4.69) is 15.5 Å². The lowest BCUT2D eigenvalue weighted by molar-refractivity contribution is -0.143. The number of allylic oxidation sites excluding steroid dienone is 2. The molecule has 0 fully saturated rings. The van der Waals surface area contributed by atoms with Gasteiger partial charge in [0, 0.05) is 18.3 Å². The molecule has 3 N–H and O–H groups in total. The molecule has 0 radical (unpaired) electrons. The molecule has 0 bridgehead atoms. The molecule has 12 heteroatoms. The van der Waals surface area contributed by atoms with Crippen LogP contribution in [-0.4, -0.2) is 10.1 Å². The standard InChI is InChI=1S/C27H21ClF6N4O/c1-3-14(2)23(37-13-15-10-16(26(29,30)31)12-17(11-15)27(32,33)34)22(35)24-21-20(8-9-36-24)38-39-25(21)18-6-4-5-7-19(18)28/h3-12,37H,13,35H2,1-2H3/b14-3+,23-22-. The third kappa shape index (κ3) is 5.88. The molecule has 39 heavy (non-hydrogen) atoms. The maximum atomic E-state index is 13.3. The Labute approximate surface area is 224 Å². The number of fused-ring (bicyclic) bond motifs is 1. The Hall–Kier alpha value is -3.99. The molecular formula is C27H21ClF6N4O. The van der Waals surface area contributed by atoms with Gasteiger partial charge in [-0.15, -0.1) is 0 Å². The van der Waals surface area contributed by atoms with Crippen molar-refractivity contribution in [3.8, 4) is 11.3 Å². The lowest BCUT2D eigenvalue weighted by Crippen LogP contribution is -2.20. The molecule has 2 heterocycles. The van der Waals surface area contributed by atoms with Crippen LogP contribution >= 0.6 is 11.6 Å². The smallest absolute Gasteiger partial charge is 0.395 e. The van der Waals surface area contributed by atoms with E-state index in [1.165, 1.54) is 6.20 Å². The summed E-state index contributed by atoms with van der Waals surface area (Å²) < 4.78 is 85.6. The zero-order valence-corrected chi connectivity index (χ0v) is 21.3. The zero-order chi connectivity index (χ0) is 28.5. The third-order valence-corrected chi connectivity index (χ3v) is 6.31. The largest absolute Gasteiger partial charge is 0.416 e. The van der Waals surface area contributed by atoms with E-state index < -0.39 is 23.5 Å². The van der Waals surface area contributed by atoms with E-state index in [4.69, 9.17) is 21.9 Å². The predicted molar refractivity (Wildman–Crippen MR) is 136 cm³/mol. The van der Waals surface area contributed by atoms with E-state index >= 15 is 0 Å². The highest BCUT2D eigenvalue weighted by atomic mass is 35.5. The highest BCUT2D eigenvalue weighted by Gasteiger charge is 2.37. The van der Waals surface area contributed by atoms with Gasteiger partial charge < -0.3 is 15.6 Å². The Morgan fingerprint density at radius 3 is 2.26 bits per heavy atom. The first kappa shape index (κ1) is 28.0. The van der Waals surface area contributed by atoms with Crippen LogP contribution in [-0.2, 0) is 18.9 Å². The topological polar surface area (TPSA) is 77.0 Å².